The van der Waals surface area contributed by atoms with E-state index in [1.54, 1.807) is 6.07 Å². The first-order valence-electron chi connectivity index (χ1n) is 6.63. The van der Waals surface area contributed by atoms with E-state index in [1.165, 1.54) is 44.5 Å². The SMILES string of the molecule is Fc1ccc(Cl)c(CNCCN2CCCCC2)c1. The zero-order valence-electron chi connectivity index (χ0n) is 10.6. The standard InChI is InChI=1S/C14H20ClFN2/c15-14-5-4-13(16)10-12(14)11-17-6-9-18-7-2-1-3-8-18/h4-5,10,17H,1-3,6-9,11H2. The van der Waals surface area contributed by atoms with Gasteiger partial charge in [-0.25, -0.2) is 4.39 Å². The fraction of sp³-hybridized carbons (Fsp3) is 0.571. The Bertz CT molecular complexity index is 378. The van der Waals surface area contributed by atoms with Gasteiger partial charge in [-0.3, -0.25) is 0 Å². The summed E-state index contributed by atoms with van der Waals surface area (Å²) in [7, 11) is 0. The number of halogens is 2. The van der Waals surface area contributed by atoms with Gasteiger partial charge in [-0.1, -0.05) is 18.0 Å². The van der Waals surface area contributed by atoms with Gasteiger partial charge >= 0.3 is 0 Å². The highest BCUT2D eigenvalue weighted by Gasteiger charge is 2.09. The van der Waals surface area contributed by atoms with Crippen LogP contribution in [0.3, 0.4) is 0 Å². The summed E-state index contributed by atoms with van der Waals surface area (Å²) in [6, 6.07) is 4.49. The van der Waals surface area contributed by atoms with Crippen LogP contribution in [0.2, 0.25) is 5.02 Å². The molecular formula is C14H20ClFN2. The van der Waals surface area contributed by atoms with Crippen molar-refractivity contribution in [2.75, 3.05) is 26.2 Å². The summed E-state index contributed by atoms with van der Waals surface area (Å²) in [4.78, 5) is 2.48. The summed E-state index contributed by atoms with van der Waals surface area (Å²) < 4.78 is 13.1. The van der Waals surface area contributed by atoms with E-state index >= 15 is 0 Å². The van der Waals surface area contributed by atoms with Crippen molar-refractivity contribution in [3.63, 3.8) is 0 Å². The summed E-state index contributed by atoms with van der Waals surface area (Å²) in [6.07, 6.45) is 3.99. The van der Waals surface area contributed by atoms with Crippen LogP contribution < -0.4 is 5.32 Å². The molecule has 1 aliphatic rings. The second-order valence-corrected chi connectivity index (χ2v) is 5.22. The van der Waals surface area contributed by atoms with E-state index in [4.69, 9.17) is 11.6 Å². The highest BCUT2D eigenvalue weighted by molar-refractivity contribution is 6.31. The number of benzene rings is 1. The van der Waals surface area contributed by atoms with Crippen LogP contribution in [-0.4, -0.2) is 31.1 Å². The molecular weight excluding hydrogens is 251 g/mol. The first-order chi connectivity index (χ1) is 8.75. The minimum Gasteiger partial charge on any atom is -0.311 e. The van der Waals surface area contributed by atoms with Gasteiger partial charge in [0.1, 0.15) is 5.82 Å². The lowest BCUT2D eigenvalue weighted by Gasteiger charge is -2.26. The Morgan fingerprint density at radius 3 is 2.78 bits per heavy atom. The zero-order chi connectivity index (χ0) is 12.8. The first-order valence-corrected chi connectivity index (χ1v) is 7.00. The molecule has 1 N–H and O–H groups in total. The van der Waals surface area contributed by atoms with Crippen molar-refractivity contribution >= 4 is 11.6 Å². The minimum absolute atomic E-state index is 0.229. The monoisotopic (exact) mass is 270 g/mol. The fourth-order valence-corrected chi connectivity index (χ4v) is 2.51. The number of likely N-dealkylation sites (tertiary alicyclic amines) is 1. The number of hydrogen-bond donors (Lipinski definition) is 1. The lowest BCUT2D eigenvalue weighted by atomic mass is 10.1. The molecule has 2 rings (SSSR count). The third-order valence-electron chi connectivity index (χ3n) is 3.38. The summed E-state index contributed by atoms with van der Waals surface area (Å²) in [5, 5.41) is 3.95. The Morgan fingerprint density at radius 2 is 2.00 bits per heavy atom. The number of nitrogens with one attached hydrogen (secondary N) is 1. The zero-order valence-corrected chi connectivity index (χ0v) is 11.3. The van der Waals surface area contributed by atoms with Crippen LogP contribution in [0.1, 0.15) is 24.8 Å². The molecule has 0 bridgehead atoms. The van der Waals surface area contributed by atoms with Gasteiger partial charge < -0.3 is 10.2 Å². The molecule has 18 heavy (non-hydrogen) atoms. The van der Waals surface area contributed by atoms with Crippen molar-refractivity contribution in [1.29, 1.82) is 0 Å². The number of hydrogen-bond acceptors (Lipinski definition) is 2. The van der Waals surface area contributed by atoms with Gasteiger partial charge in [-0.15, -0.1) is 0 Å². The van der Waals surface area contributed by atoms with Crippen LogP contribution in [0.4, 0.5) is 4.39 Å². The van der Waals surface area contributed by atoms with Crippen molar-refractivity contribution in [3.05, 3.63) is 34.6 Å². The van der Waals surface area contributed by atoms with Crippen LogP contribution in [0.5, 0.6) is 0 Å². The molecule has 100 valence electrons. The maximum Gasteiger partial charge on any atom is 0.123 e. The van der Waals surface area contributed by atoms with Crippen molar-refractivity contribution in [1.82, 2.24) is 10.2 Å². The average molecular weight is 271 g/mol. The molecule has 0 aromatic heterocycles. The minimum atomic E-state index is -0.229. The predicted molar refractivity (Wildman–Crippen MR) is 73.4 cm³/mol. The van der Waals surface area contributed by atoms with Crippen LogP contribution >= 0.6 is 11.6 Å². The molecule has 0 spiro atoms. The molecule has 1 saturated heterocycles. The van der Waals surface area contributed by atoms with Gasteiger partial charge in [0.15, 0.2) is 0 Å². The number of piperidine rings is 1. The highest BCUT2D eigenvalue weighted by atomic mass is 35.5. The van der Waals surface area contributed by atoms with Gasteiger partial charge in [-0.2, -0.15) is 0 Å². The summed E-state index contributed by atoms with van der Waals surface area (Å²) >= 11 is 6.01. The Morgan fingerprint density at radius 1 is 1.22 bits per heavy atom. The second kappa shape index (κ2) is 7.07. The van der Waals surface area contributed by atoms with Gasteiger partial charge in [0.05, 0.1) is 0 Å². The lowest BCUT2D eigenvalue weighted by Crippen LogP contribution is -2.35. The highest BCUT2D eigenvalue weighted by Crippen LogP contribution is 2.16. The average Bonchev–Trinajstić information content (AvgIpc) is 2.40. The molecule has 1 aromatic carbocycles. The largest absolute Gasteiger partial charge is 0.311 e. The molecule has 0 amide bonds. The molecule has 1 fully saturated rings. The van der Waals surface area contributed by atoms with Gasteiger partial charge in [-0.05, 0) is 49.7 Å². The summed E-state index contributed by atoms with van der Waals surface area (Å²) in [5.74, 6) is -0.229. The molecule has 4 heteroatoms. The van der Waals surface area contributed by atoms with Crippen molar-refractivity contribution < 1.29 is 4.39 Å². The van der Waals surface area contributed by atoms with Crippen molar-refractivity contribution in [2.24, 2.45) is 0 Å². The maximum atomic E-state index is 13.1. The normalized spacial score (nSPS) is 17.0. The van der Waals surface area contributed by atoms with E-state index < -0.39 is 0 Å². The topological polar surface area (TPSA) is 15.3 Å². The number of nitrogens with zero attached hydrogens (tertiary/aromatic N) is 1. The third kappa shape index (κ3) is 4.23. The van der Waals surface area contributed by atoms with E-state index in [1.807, 2.05) is 0 Å². The molecule has 0 unspecified atom stereocenters. The van der Waals surface area contributed by atoms with E-state index in [2.05, 4.69) is 10.2 Å². The second-order valence-electron chi connectivity index (χ2n) is 4.81. The first kappa shape index (κ1) is 13.8. The van der Waals surface area contributed by atoms with Crippen LogP contribution in [0, 0.1) is 5.82 Å². The van der Waals surface area contributed by atoms with Gasteiger partial charge in [0.25, 0.3) is 0 Å². The molecule has 1 heterocycles. The molecule has 0 saturated carbocycles. The van der Waals surface area contributed by atoms with Crippen molar-refractivity contribution in [3.8, 4) is 0 Å². The fourth-order valence-electron chi connectivity index (χ4n) is 2.32. The lowest BCUT2D eigenvalue weighted by molar-refractivity contribution is 0.229. The Kier molecular flexibility index (Phi) is 5.42. The smallest absolute Gasteiger partial charge is 0.123 e. The third-order valence-corrected chi connectivity index (χ3v) is 3.75. The predicted octanol–water partition coefficient (Wildman–Crippen LogP) is 3.05. The van der Waals surface area contributed by atoms with Gasteiger partial charge in [0, 0.05) is 24.7 Å². The summed E-state index contributed by atoms with van der Waals surface area (Å²) in [5.41, 5.74) is 0.829. The van der Waals surface area contributed by atoms with E-state index in [9.17, 15) is 4.39 Å². The van der Waals surface area contributed by atoms with Crippen molar-refractivity contribution in [2.45, 2.75) is 25.8 Å². The summed E-state index contributed by atoms with van der Waals surface area (Å²) in [6.45, 7) is 5.04. The molecule has 1 aromatic rings. The molecule has 0 aliphatic carbocycles. The van der Waals surface area contributed by atoms with E-state index in [0.717, 1.165) is 18.7 Å². The Labute approximate surface area is 113 Å². The van der Waals surface area contributed by atoms with Gasteiger partial charge in [0.2, 0.25) is 0 Å². The molecule has 2 nitrogen and oxygen atoms in total. The number of rotatable bonds is 5. The van der Waals surface area contributed by atoms with Crippen LogP contribution in [0.25, 0.3) is 0 Å². The molecule has 1 aliphatic heterocycles. The quantitative estimate of drug-likeness (QED) is 0.828. The Hall–Kier alpha value is -0.640. The maximum absolute atomic E-state index is 13.1. The van der Waals surface area contributed by atoms with Crippen LogP contribution in [-0.2, 0) is 6.54 Å². The molecule has 0 atom stereocenters. The molecule has 0 radical (unpaired) electrons. The van der Waals surface area contributed by atoms with E-state index in [-0.39, 0.29) is 5.82 Å². The van der Waals surface area contributed by atoms with E-state index in [0.29, 0.717) is 11.6 Å². The van der Waals surface area contributed by atoms with Crippen LogP contribution in [0.15, 0.2) is 18.2 Å². The Balaban J connectivity index is 1.69.